The molecule has 464 valence electrons. The molecule has 7 N–H and O–H groups in total. The highest BCUT2D eigenvalue weighted by atomic mass is 32.2. The number of carbonyl (C=O) groups excluding carboxylic acids is 3. The molecule has 2 fully saturated rings. The van der Waals surface area contributed by atoms with Crippen LogP contribution in [0.25, 0.3) is 0 Å². The molecule has 0 saturated heterocycles. The Labute approximate surface area is 496 Å². The molecule has 3 aromatic carbocycles. The van der Waals surface area contributed by atoms with Gasteiger partial charge in [0.2, 0.25) is 0 Å². The van der Waals surface area contributed by atoms with E-state index in [0.717, 1.165) is 90.9 Å². The van der Waals surface area contributed by atoms with Crippen molar-refractivity contribution >= 4 is 52.0 Å². The maximum absolute atomic E-state index is 13.7. The SMILES string of the molecule is CC(C)(C)N=C(Nc1ccnc(C(N)=O)c1)Sc1ccccc1.COc1cc(OC(F)(F)F)ccc1Oc1cc(C2CC2(F)F)ncc1C(=O)Nc1ccnc(C(N)=O)c1.COc1cc(OC(F)(F)F)ccc1Oc1cc(C2CC2(F)F)ncc1C(=O)O. The summed E-state index contributed by atoms with van der Waals surface area (Å²) in [6.45, 7) is 6.09. The molecule has 88 heavy (non-hydrogen) atoms. The molecule has 4 aromatic heterocycles. The van der Waals surface area contributed by atoms with Crippen LogP contribution in [-0.4, -0.2) is 98.2 Å². The lowest BCUT2D eigenvalue weighted by Crippen LogP contribution is -2.18. The number of pyridine rings is 4. The highest BCUT2D eigenvalue weighted by molar-refractivity contribution is 8.14. The maximum atomic E-state index is 13.7. The number of carboxylic acid groups (broad SMARTS) is 1. The topological polar surface area (TPSA) is 284 Å². The fourth-order valence-corrected chi connectivity index (χ4v) is 8.54. The summed E-state index contributed by atoms with van der Waals surface area (Å²) in [7, 11) is 2.32. The molecule has 9 rings (SSSR count). The van der Waals surface area contributed by atoms with E-state index >= 15 is 0 Å². The van der Waals surface area contributed by atoms with E-state index in [2.05, 4.69) is 40.0 Å². The third kappa shape index (κ3) is 18.8. The van der Waals surface area contributed by atoms with Crippen LogP contribution in [0.4, 0.5) is 55.3 Å². The number of aromatic carboxylic acids is 1. The lowest BCUT2D eigenvalue weighted by molar-refractivity contribution is -0.275. The first-order valence-electron chi connectivity index (χ1n) is 25.3. The number of ether oxygens (including phenoxy) is 6. The van der Waals surface area contributed by atoms with Crippen LogP contribution in [0.5, 0.6) is 46.0 Å². The van der Waals surface area contributed by atoms with Crippen LogP contribution in [0.15, 0.2) is 138 Å². The van der Waals surface area contributed by atoms with Crippen LogP contribution in [0.3, 0.4) is 0 Å². The molecule has 2 saturated carbocycles. The minimum atomic E-state index is -4.95. The molecule has 4 heterocycles. The van der Waals surface area contributed by atoms with Crippen molar-refractivity contribution in [3.05, 3.63) is 162 Å². The van der Waals surface area contributed by atoms with E-state index in [1.54, 1.807) is 18.3 Å². The van der Waals surface area contributed by atoms with Gasteiger partial charge in [-0.05, 0) is 81.4 Å². The smallest absolute Gasteiger partial charge is 0.493 e. The van der Waals surface area contributed by atoms with Gasteiger partial charge in [0, 0.05) is 78.2 Å². The number of halogens is 10. The van der Waals surface area contributed by atoms with Gasteiger partial charge in [-0.1, -0.05) is 30.0 Å². The number of primary amides is 2. The van der Waals surface area contributed by atoms with Gasteiger partial charge in [0.15, 0.2) is 28.2 Å². The molecule has 0 spiro atoms. The largest absolute Gasteiger partial charge is 0.573 e. The van der Waals surface area contributed by atoms with E-state index in [1.807, 2.05) is 51.1 Å². The Bertz CT molecular complexity index is 3750. The standard InChI is InChI=1S/C23H17F5N4O5.C17H12F5NO5.C17H20N4OS/c1-35-19-7-12(37-23(26,27)28)2-3-17(19)36-18-8-15(14-9-22(14,24)25)31-10-13(18)21(34)32-11-4-5-30-16(6-11)20(29)33;1-26-14-4-8(28-17(20,21)22)2-3-12(14)27-13-5-11(10-6-16(10,18)19)23-7-9(13)15(24)25;1-17(2,3)21-16(23-13-7-5-4-6-8-13)20-12-9-10-19-14(11-12)15(18)22/h2-8,10,14H,9H2,1H3,(H2,29,33)(H,30,32,34);2-5,7,10H,6H2,1H3,(H,24,25);4-11H,1-3H3,(H2,18,22)(H,19,20,21). The number of hydrogen-bond donors (Lipinski definition) is 5. The van der Waals surface area contributed by atoms with Gasteiger partial charge in [0.25, 0.3) is 29.6 Å². The Hall–Kier alpha value is -9.94. The number of amides is 3. The predicted octanol–water partition coefficient (Wildman–Crippen LogP) is 12.8. The van der Waals surface area contributed by atoms with E-state index in [9.17, 15) is 68.2 Å². The summed E-state index contributed by atoms with van der Waals surface area (Å²) in [6, 6.07) is 24.0. The van der Waals surface area contributed by atoms with Gasteiger partial charge in [0.05, 0.1) is 43.0 Å². The van der Waals surface area contributed by atoms with Crippen molar-refractivity contribution in [2.24, 2.45) is 16.5 Å². The van der Waals surface area contributed by atoms with Gasteiger partial charge >= 0.3 is 18.7 Å². The molecule has 7 aromatic rings. The van der Waals surface area contributed by atoms with Gasteiger partial charge in [0.1, 0.15) is 45.5 Å². The van der Waals surface area contributed by atoms with E-state index in [4.69, 9.17) is 35.4 Å². The second kappa shape index (κ2) is 26.8. The molecule has 2 aliphatic rings. The first-order valence-corrected chi connectivity index (χ1v) is 26.2. The Balaban J connectivity index is 0.000000194. The fraction of sp³-hybridized carbons (Fsp3) is 0.246. The van der Waals surface area contributed by atoms with E-state index in [0.29, 0.717) is 0 Å². The molecule has 20 nitrogen and oxygen atoms in total. The number of nitrogens with two attached hydrogens (primary N) is 2. The molecule has 0 aliphatic heterocycles. The normalized spacial score (nSPS) is 15.5. The third-order valence-electron chi connectivity index (χ3n) is 11.7. The predicted molar refractivity (Wildman–Crippen MR) is 296 cm³/mol. The van der Waals surface area contributed by atoms with Crippen LogP contribution in [0, 0.1) is 0 Å². The number of methoxy groups -OCH3 is 2. The molecule has 2 aliphatic carbocycles. The van der Waals surface area contributed by atoms with Crippen LogP contribution in [0.2, 0.25) is 0 Å². The van der Waals surface area contributed by atoms with Gasteiger partial charge < -0.3 is 55.6 Å². The number of benzene rings is 3. The van der Waals surface area contributed by atoms with Crippen molar-refractivity contribution in [3.63, 3.8) is 0 Å². The highest BCUT2D eigenvalue weighted by Crippen LogP contribution is 2.57. The average Bonchev–Trinajstić information content (AvgIpc) is 2.48. The molecule has 31 heteroatoms. The molecular formula is C57H49F10N9O11S. The summed E-state index contributed by atoms with van der Waals surface area (Å²) in [4.78, 5) is 68.2. The van der Waals surface area contributed by atoms with Gasteiger partial charge in [-0.25, -0.2) is 22.4 Å². The molecule has 2 atom stereocenters. The number of rotatable bonds is 17. The zero-order valence-corrected chi connectivity index (χ0v) is 47.1. The zero-order chi connectivity index (χ0) is 64.5. The Morgan fingerprint density at radius 3 is 1.42 bits per heavy atom. The quantitative estimate of drug-likeness (QED) is 0.0245. The highest BCUT2D eigenvalue weighted by Gasteiger charge is 2.59. The summed E-state index contributed by atoms with van der Waals surface area (Å²) in [5.74, 6) is -14.2. The van der Waals surface area contributed by atoms with Crippen LogP contribution < -0.4 is 50.5 Å². The molecule has 3 amide bonds. The Morgan fingerprint density at radius 2 is 1.02 bits per heavy atom. The van der Waals surface area contributed by atoms with Crippen molar-refractivity contribution in [2.75, 3.05) is 24.9 Å². The second-order valence-corrected chi connectivity index (χ2v) is 20.7. The van der Waals surface area contributed by atoms with Crippen LogP contribution in [0.1, 0.15) is 98.5 Å². The first kappa shape index (κ1) is 65.6. The van der Waals surface area contributed by atoms with Crippen molar-refractivity contribution < 1.29 is 96.6 Å². The minimum absolute atomic E-state index is 0.0486. The summed E-state index contributed by atoms with van der Waals surface area (Å²) < 4.78 is 157. The summed E-state index contributed by atoms with van der Waals surface area (Å²) in [5, 5.41) is 15.7. The average molecular weight is 1260 g/mol. The number of nitrogens with one attached hydrogen (secondary N) is 2. The maximum Gasteiger partial charge on any atom is 0.573 e. The Kier molecular flexibility index (Phi) is 20.0. The van der Waals surface area contributed by atoms with Crippen LogP contribution >= 0.6 is 11.8 Å². The Morgan fingerprint density at radius 1 is 0.591 bits per heavy atom. The van der Waals surface area contributed by atoms with Gasteiger partial charge in [-0.3, -0.25) is 39.3 Å². The number of amidine groups is 1. The fourth-order valence-electron chi connectivity index (χ4n) is 7.54. The number of aromatic nitrogens is 4. The lowest BCUT2D eigenvalue weighted by atomic mass is 10.1. The summed E-state index contributed by atoms with van der Waals surface area (Å²) in [5.41, 5.74) is 10.5. The number of hydrogen-bond acceptors (Lipinski definition) is 16. The first-order chi connectivity index (χ1) is 41.2. The lowest BCUT2D eigenvalue weighted by Gasteiger charge is -2.17. The summed E-state index contributed by atoms with van der Waals surface area (Å²) >= 11 is 1.53. The van der Waals surface area contributed by atoms with Crippen molar-refractivity contribution in [3.8, 4) is 46.0 Å². The number of anilines is 2. The molecule has 0 bridgehead atoms. The number of carbonyl (C=O) groups is 4. The van der Waals surface area contributed by atoms with Gasteiger partial charge in [-0.2, -0.15) is 0 Å². The van der Waals surface area contributed by atoms with Gasteiger partial charge in [-0.15, -0.1) is 26.3 Å². The van der Waals surface area contributed by atoms with Crippen molar-refractivity contribution in [1.82, 2.24) is 19.9 Å². The second-order valence-electron chi connectivity index (χ2n) is 19.6. The van der Waals surface area contributed by atoms with Crippen molar-refractivity contribution in [1.29, 1.82) is 0 Å². The van der Waals surface area contributed by atoms with Crippen molar-refractivity contribution in [2.45, 2.75) is 80.5 Å². The number of alkyl halides is 10. The third-order valence-corrected chi connectivity index (χ3v) is 12.6. The van der Waals surface area contributed by atoms with Crippen LogP contribution in [-0.2, 0) is 0 Å². The number of thioether (sulfide) groups is 1. The number of carboxylic acids is 1. The number of aliphatic imine (C=N–C) groups is 1. The minimum Gasteiger partial charge on any atom is -0.493 e. The van der Waals surface area contributed by atoms with E-state index in [1.165, 1.54) is 30.1 Å². The van der Waals surface area contributed by atoms with E-state index in [-0.39, 0.29) is 74.1 Å². The molecule has 2 unspecified atom stereocenters. The monoisotopic (exact) mass is 1260 g/mol. The molecule has 0 radical (unpaired) electrons. The zero-order valence-electron chi connectivity index (χ0n) is 46.3. The molecular weight excluding hydrogens is 1210 g/mol. The van der Waals surface area contributed by atoms with E-state index < -0.39 is 90.0 Å². The number of nitrogens with zero attached hydrogens (tertiary/aromatic N) is 5. The summed E-state index contributed by atoms with van der Waals surface area (Å²) in [6.07, 6.45) is -6.03.